The second-order valence-corrected chi connectivity index (χ2v) is 7.82. The summed E-state index contributed by atoms with van der Waals surface area (Å²) in [6.07, 6.45) is 2.98. The van der Waals surface area contributed by atoms with Gasteiger partial charge in [0.1, 0.15) is 5.60 Å². The zero-order valence-electron chi connectivity index (χ0n) is 15.7. The molecule has 1 aromatic heterocycles. The fraction of sp³-hybridized carbons (Fsp3) is 0.500. The highest BCUT2D eigenvalue weighted by atomic mass is 16.6. The highest BCUT2D eigenvalue weighted by Crippen LogP contribution is 2.21. The maximum absolute atomic E-state index is 12.5. The van der Waals surface area contributed by atoms with Crippen molar-refractivity contribution >= 4 is 22.9 Å². The van der Waals surface area contributed by atoms with E-state index in [0.717, 1.165) is 16.5 Å². The van der Waals surface area contributed by atoms with E-state index in [1.807, 2.05) is 51.2 Å². The second-order valence-electron chi connectivity index (χ2n) is 7.82. The Morgan fingerprint density at radius 3 is 2.62 bits per heavy atom. The maximum Gasteiger partial charge on any atom is 0.410 e. The first kappa shape index (κ1) is 18.3. The van der Waals surface area contributed by atoms with E-state index in [0.29, 0.717) is 32.5 Å². The maximum atomic E-state index is 12.5. The first-order chi connectivity index (χ1) is 12.3. The van der Waals surface area contributed by atoms with Crippen LogP contribution in [0.25, 0.3) is 10.9 Å². The SMILES string of the molecule is CC(C)(C)OC(=O)N1CCC(C(=O)NCc2c[nH]c3ccccc23)CC1. The number of nitrogens with zero attached hydrogens (tertiary/aromatic N) is 1. The monoisotopic (exact) mass is 357 g/mol. The van der Waals surface area contributed by atoms with Gasteiger partial charge in [-0.1, -0.05) is 18.2 Å². The Bertz CT molecular complexity index is 783. The number of hydrogen-bond acceptors (Lipinski definition) is 3. The van der Waals surface area contributed by atoms with Crippen molar-refractivity contribution in [2.75, 3.05) is 13.1 Å². The number of hydrogen-bond donors (Lipinski definition) is 2. The fourth-order valence-corrected chi connectivity index (χ4v) is 3.26. The first-order valence-corrected chi connectivity index (χ1v) is 9.14. The molecule has 0 radical (unpaired) electrons. The van der Waals surface area contributed by atoms with Crippen molar-refractivity contribution < 1.29 is 14.3 Å². The predicted molar refractivity (Wildman–Crippen MR) is 101 cm³/mol. The van der Waals surface area contributed by atoms with Crippen molar-refractivity contribution in [3.63, 3.8) is 0 Å². The molecule has 0 saturated carbocycles. The molecule has 1 aliphatic heterocycles. The van der Waals surface area contributed by atoms with Gasteiger partial charge in [-0.15, -0.1) is 0 Å². The molecule has 2 heterocycles. The number of aromatic nitrogens is 1. The van der Waals surface area contributed by atoms with Gasteiger partial charge in [0.05, 0.1) is 0 Å². The highest BCUT2D eigenvalue weighted by Gasteiger charge is 2.29. The molecule has 0 spiro atoms. The number of para-hydroxylation sites is 1. The quantitative estimate of drug-likeness (QED) is 0.884. The molecule has 0 atom stereocenters. The molecule has 2 aromatic rings. The molecule has 1 fully saturated rings. The molecule has 1 aliphatic rings. The van der Waals surface area contributed by atoms with Crippen LogP contribution in [-0.2, 0) is 16.1 Å². The average Bonchev–Trinajstić information content (AvgIpc) is 3.01. The minimum Gasteiger partial charge on any atom is -0.444 e. The zero-order valence-corrected chi connectivity index (χ0v) is 15.7. The van der Waals surface area contributed by atoms with Crippen LogP contribution in [0.3, 0.4) is 0 Å². The molecule has 26 heavy (non-hydrogen) atoms. The summed E-state index contributed by atoms with van der Waals surface area (Å²) in [7, 11) is 0. The molecule has 6 heteroatoms. The van der Waals surface area contributed by atoms with E-state index >= 15 is 0 Å². The third-order valence-electron chi connectivity index (χ3n) is 4.65. The largest absolute Gasteiger partial charge is 0.444 e. The topological polar surface area (TPSA) is 74.4 Å². The Morgan fingerprint density at radius 2 is 1.92 bits per heavy atom. The van der Waals surface area contributed by atoms with Gasteiger partial charge in [-0.05, 0) is 45.2 Å². The summed E-state index contributed by atoms with van der Waals surface area (Å²) in [6, 6.07) is 8.05. The molecule has 0 aliphatic carbocycles. The van der Waals surface area contributed by atoms with E-state index < -0.39 is 5.60 Å². The second kappa shape index (κ2) is 7.40. The number of aromatic amines is 1. The van der Waals surface area contributed by atoms with Gasteiger partial charge in [0, 0.05) is 42.7 Å². The normalized spacial score (nSPS) is 15.9. The number of carbonyl (C=O) groups is 2. The number of nitrogens with one attached hydrogen (secondary N) is 2. The molecule has 1 aromatic carbocycles. The van der Waals surface area contributed by atoms with Crippen molar-refractivity contribution in [3.8, 4) is 0 Å². The minimum absolute atomic E-state index is 0.0547. The van der Waals surface area contributed by atoms with Crippen LogP contribution in [0, 0.1) is 5.92 Å². The number of carbonyl (C=O) groups excluding carboxylic acids is 2. The average molecular weight is 357 g/mol. The summed E-state index contributed by atoms with van der Waals surface area (Å²) < 4.78 is 5.39. The number of likely N-dealkylation sites (tertiary alicyclic amines) is 1. The van der Waals surface area contributed by atoms with E-state index in [-0.39, 0.29) is 17.9 Å². The van der Waals surface area contributed by atoms with Gasteiger partial charge in [-0.25, -0.2) is 4.79 Å². The summed E-state index contributed by atoms with van der Waals surface area (Å²) in [4.78, 5) is 29.5. The fourth-order valence-electron chi connectivity index (χ4n) is 3.26. The Morgan fingerprint density at radius 1 is 1.23 bits per heavy atom. The lowest BCUT2D eigenvalue weighted by atomic mass is 9.96. The minimum atomic E-state index is -0.495. The molecule has 2 N–H and O–H groups in total. The van der Waals surface area contributed by atoms with Crippen LogP contribution in [0.1, 0.15) is 39.2 Å². The summed E-state index contributed by atoms with van der Waals surface area (Å²) in [6.45, 7) is 7.19. The van der Waals surface area contributed by atoms with Crippen molar-refractivity contribution in [2.45, 2.75) is 45.8 Å². The summed E-state index contributed by atoms with van der Waals surface area (Å²) in [5, 5.41) is 4.17. The van der Waals surface area contributed by atoms with Gasteiger partial charge in [-0.3, -0.25) is 4.79 Å². The zero-order chi connectivity index (χ0) is 18.7. The molecule has 0 bridgehead atoms. The summed E-state index contributed by atoms with van der Waals surface area (Å²) in [5.74, 6) is -0.00184. The number of piperidine rings is 1. The van der Waals surface area contributed by atoms with Crippen molar-refractivity contribution in [1.82, 2.24) is 15.2 Å². The van der Waals surface area contributed by atoms with Gasteiger partial charge in [0.2, 0.25) is 5.91 Å². The molecule has 6 nitrogen and oxygen atoms in total. The van der Waals surface area contributed by atoms with Crippen LogP contribution in [-0.4, -0.2) is 40.6 Å². The lowest BCUT2D eigenvalue weighted by molar-refractivity contribution is -0.126. The van der Waals surface area contributed by atoms with Gasteiger partial charge >= 0.3 is 6.09 Å². The van der Waals surface area contributed by atoms with Crippen LogP contribution in [0.15, 0.2) is 30.5 Å². The van der Waals surface area contributed by atoms with Gasteiger partial charge in [0.25, 0.3) is 0 Å². The summed E-state index contributed by atoms with van der Waals surface area (Å²) in [5.41, 5.74) is 1.66. The van der Waals surface area contributed by atoms with Gasteiger partial charge in [-0.2, -0.15) is 0 Å². The number of amides is 2. The van der Waals surface area contributed by atoms with E-state index in [9.17, 15) is 9.59 Å². The molecule has 0 unspecified atom stereocenters. The highest BCUT2D eigenvalue weighted by molar-refractivity contribution is 5.84. The molecule has 3 rings (SSSR count). The standard InChI is InChI=1S/C20H27N3O3/c1-20(2,3)26-19(25)23-10-8-14(9-11-23)18(24)22-13-15-12-21-17-7-5-4-6-16(15)17/h4-7,12,14,21H,8-11,13H2,1-3H3,(H,22,24). The van der Waals surface area contributed by atoms with Crippen molar-refractivity contribution in [2.24, 2.45) is 5.92 Å². The number of ether oxygens (including phenoxy) is 1. The molecule has 1 saturated heterocycles. The van der Waals surface area contributed by atoms with Gasteiger partial charge in [0.15, 0.2) is 0 Å². The number of fused-ring (bicyclic) bond motifs is 1. The third kappa shape index (κ3) is 4.36. The van der Waals surface area contributed by atoms with E-state index in [1.54, 1.807) is 4.90 Å². The number of H-pyrrole nitrogens is 1. The van der Waals surface area contributed by atoms with Crippen LogP contribution in [0.4, 0.5) is 4.79 Å². The molecule has 2 amide bonds. The third-order valence-corrected chi connectivity index (χ3v) is 4.65. The predicted octanol–water partition coefficient (Wildman–Crippen LogP) is 3.43. The van der Waals surface area contributed by atoms with E-state index in [2.05, 4.69) is 10.3 Å². The first-order valence-electron chi connectivity index (χ1n) is 9.14. The van der Waals surface area contributed by atoms with Crippen molar-refractivity contribution in [1.29, 1.82) is 0 Å². The lowest BCUT2D eigenvalue weighted by Gasteiger charge is -2.32. The Balaban J connectivity index is 1.49. The van der Waals surface area contributed by atoms with Crippen LogP contribution < -0.4 is 5.32 Å². The Kier molecular flexibility index (Phi) is 5.20. The van der Waals surface area contributed by atoms with Crippen LogP contribution in [0.5, 0.6) is 0 Å². The van der Waals surface area contributed by atoms with Gasteiger partial charge < -0.3 is 19.9 Å². The summed E-state index contributed by atoms with van der Waals surface area (Å²) >= 11 is 0. The smallest absolute Gasteiger partial charge is 0.410 e. The lowest BCUT2D eigenvalue weighted by Crippen LogP contribution is -2.44. The van der Waals surface area contributed by atoms with Crippen LogP contribution in [0.2, 0.25) is 0 Å². The number of rotatable bonds is 3. The van der Waals surface area contributed by atoms with Crippen LogP contribution >= 0.6 is 0 Å². The van der Waals surface area contributed by atoms with E-state index in [4.69, 9.17) is 4.74 Å². The number of benzene rings is 1. The molecular formula is C20H27N3O3. The Labute approximate surface area is 153 Å². The molecular weight excluding hydrogens is 330 g/mol. The Hall–Kier alpha value is -2.50. The molecule has 140 valence electrons. The van der Waals surface area contributed by atoms with Crippen molar-refractivity contribution in [3.05, 3.63) is 36.0 Å². The van der Waals surface area contributed by atoms with E-state index in [1.165, 1.54) is 0 Å².